The number of sulfone groups is 1. The van der Waals surface area contributed by atoms with Gasteiger partial charge in [0.1, 0.15) is 5.88 Å². The first kappa shape index (κ1) is 14.7. The topological polar surface area (TPSA) is 46.5 Å². The Morgan fingerprint density at radius 3 is 2.17 bits per heavy atom. The van der Waals surface area contributed by atoms with Gasteiger partial charge in [-0.25, -0.2) is 8.42 Å². The Morgan fingerprint density at radius 1 is 1.22 bits per heavy atom. The van der Waals surface area contributed by atoms with Gasteiger partial charge in [-0.05, 0) is 19.4 Å². The van der Waals surface area contributed by atoms with Crippen LogP contribution >= 0.6 is 0 Å². The molecule has 0 unspecified atom stereocenters. The van der Waals surface area contributed by atoms with E-state index < -0.39 is 21.2 Å². The summed E-state index contributed by atoms with van der Waals surface area (Å²) in [6.07, 6.45) is 0. The van der Waals surface area contributed by atoms with Crippen LogP contribution in [0.1, 0.15) is 18.1 Å². The maximum Gasteiger partial charge on any atom is 0.499 e. The van der Waals surface area contributed by atoms with E-state index in [1.807, 2.05) is 6.92 Å². The maximum absolute atomic E-state index is 12.1. The molecule has 0 heterocycles. The van der Waals surface area contributed by atoms with E-state index in [1.54, 1.807) is 24.3 Å². The normalized spacial score (nSPS) is 13.7. The molecule has 0 aromatic heterocycles. The Morgan fingerprint density at radius 2 is 1.72 bits per heavy atom. The zero-order valence-electron chi connectivity index (χ0n) is 9.82. The number of aryl methyl sites for hydroxylation is 1. The summed E-state index contributed by atoms with van der Waals surface area (Å²) in [5.41, 5.74) is -3.42. The van der Waals surface area contributed by atoms with Crippen molar-refractivity contribution in [2.24, 2.45) is 4.99 Å². The summed E-state index contributed by atoms with van der Waals surface area (Å²) in [6, 6.07) is 6.89. The molecule has 0 aliphatic carbocycles. The Balaban J connectivity index is 2.89. The third kappa shape index (κ3) is 3.56. The molecule has 1 aromatic carbocycles. The predicted molar refractivity (Wildman–Crippen MR) is 63.2 cm³/mol. The first-order valence-corrected chi connectivity index (χ1v) is 6.66. The number of aliphatic imine (C=N–C) groups is 1. The zero-order valence-corrected chi connectivity index (χ0v) is 10.6. The van der Waals surface area contributed by atoms with Crippen molar-refractivity contribution >= 4 is 15.5 Å². The predicted octanol–water partition coefficient (Wildman–Crippen LogP) is 2.70. The number of rotatable bonds is 3. The lowest BCUT2D eigenvalue weighted by atomic mass is 10.1. The van der Waals surface area contributed by atoms with Crippen molar-refractivity contribution in [3.8, 4) is 0 Å². The molecule has 100 valence electrons. The molecule has 3 nitrogen and oxygen atoms in total. The van der Waals surface area contributed by atoms with Crippen molar-refractivity contribution in [1.82, 2.24) is 0 Å². The van der Waals surface area contributed by atoms with Crippen molar-refractivity contribution < 1.29 is 21.6 Å². The van der Waals surface area contributed by atoms with E-state index in [0.29, 0.717) is 5.56 Å². The van der Waals surface area contributed by atoms with Crippen LogP contribution < -0.4 is 0 Å². The third-order valence-corrected chi connectivity index (χ3v) is 3.47. The molecule has 0 amide bonds. The number of alkyl halides is 3. The van der Waals surface area contributed by atoms with E-state index in [1.165, 1.54) is 6.92 Å². The second kappa shape index (κ2) is 5.09. The number of benzene rings is 1. The van der Waals surface area contributed by atoms with Crippen molar-refractivity contribution in [1.29, 1.82) is 0 Å². The molecule has 0 atom stereocenters. The molecule has 0 saturated heterocycles. The van der Waals surface area contributed by atoms with Gasteiger partial charge in [-0.15, -0.1) is 0 Å². The molecule has 0 radical (unpaired) electrons. The molecular formula is C11H12F3NO2S. The smallest absolute Gasteiger partial charge is 0.273 e. The fourth-order valence-electron chi connectivity index (χ4n) is 1.14. The SMILES string of the molecule is CC(=NCS(=O)(=O)C(F)(F)F)c1ccc(C)cc1. The quantitative estimate of drug-likeness (QED) is 0.799. The molecule has 0 aliphatic rings. The van der Waals surface area contributed by atoms with E-state index in [2.05, 4.69) is 4.99 Å². The molecule has 18 heavy (non-hydrogen) atoms. The average molecular weight is 279 g/mol. The minimum Gasteiger partial charge on any atom is -0.273 e. The summed E-state index contributed by atoms with van der Waals surface area (Å²) in [6.45, 7) is 3.33. The number of nitrogens with zero attached hydrogens (tertiary/aromatic N) is 1. The molecule has 7 heteroatoms. The van der Waals surface area contributed by atoms with E-state index in [9.17, 15) is 21.6 Å². The van der Waals surface area contributed by atoms with Crippen LogP contribution in [0.15, 0.2) is 29.3 Å². The van der Waals surface area contributed by atoms with Gasteiger partial charge in [0.25, 0.3) is 9.84 Å². The van der Waals surface area contributed by atoms with Gasteiger partial charge >= 0.3 is 5.51 Å². The molecule has 0 spiro atoms. The monoisotopic (exact) mass is 279 g/mol. The maximum atomic E-state index is 12.1. The first-order valence-electron chi connectivity index (χ1n) is 5.00. The average Bonchev–Trinajstić information content (AvgIpc) is 2.25. The molecule has 1 rings (SSSR count). The van der Waals surface area contributed by atoms with Crippen LogP contribution in [0.2, 0.25) is 0 Å². The van der Waals surface area contributed by atoms with Crippen molar-refractivity contribution in [3.63, 3.8) is 0 Å². The van der Waals surface area contributed by atoms with E-state index in [0.717, 1.165) is 5.56 Å². The minimum absolute atomic E-state index is 0.253. The number of hydrogen-bond donors (Lipinski definition) is 0. The number of hydrogen-bond acceptors (Lipinski definition) is 3. The van der Waals surface area contributed by atoms with Crippen LogP contribution in [-0.4, -0.2) is 25.5 Å². The molecule has 0 bridgehead atoms. The van der Waals surface area contributed by atoms with Gasteiger partial charge in [0, 0.05) is 5.71 Å². The molecular weight excluding hydrogens is 267 g/mol. The van der Waals surface area contributed by atoms with Crippen LogP contribution in [0.25, 0.3) is 0 Å². The van der Waals surface area contributed by atoms with Gasteiger partial charge in [0.05, 0.1) is 0 Å². The Hall–Kier alpha value is -1.37. The summed E-state index contributed by atoms with van der Waals surface area (Å²) in [5.74, 6) is -1.28. The Kier molecular flexibility index (Phi) is 4.16. The highest BCUT2D eigenvalue weighted by Gasteiger charge is 2.45. The van der Waals surface area contributed by atoms with Crippen molar-refractivity contribution in [2.45, 2.75) is 19.4 Å². The zero-order chi connectivity index (χ0) is 14.0. The highest BCUT2D eigenvalue weighted by molar-refractivity contribution is 7.92. The summed E-state index contributed by atoms with van der Waals surface area (Å²) in [5, 5.41) is 0. The van der Waals surface area contributed by atoms with E-state index in [4.69, 9.17) is 0 Å². The van der Waals surface area contributed by atoms with Crippen molar-refractivity contribution in [2.75, 3.05) is 5.88 Å². The highest BCUT2D eigenvalue weighted by atomic mass is 32.2. The van der Waals surface area contributed by atoms with Crippen molar-refractivity contribution in [3.05, 3.63) is 35.4 Å². The number of halogens is 3. The summed E-state index contributed by atoms with van der Waals surface area (Å²) < 4.78 is 57.9. The van der Waals surface area contributed by atoms with E-state index in [-0.39, 0.29) is 5.71 Å². The van der Waals surface area contributed by atoms with Gasteiger partial charge in [-0.1, -0.05) is 29.8 Å². The molecule has 0 fully saturated rings. The fourth-order valence-corrected chi connectivity index (χ4v) is 1.65. The van der Waals surface area contributed by atoms with Gasteiger partial charge in [-0.3, -0.25) is 4.99 Å². The lowest BCUT2D eigenvalue weighted by Gasteiger charge is -2.06. The van der Waals surface area contributed by atoms with Gasteiger partial charge in [-0.2, -0.15) is 13.2 Å². The molecule has 1 aromatic rings. The summed E-state index contributed by atoms with van der Waals surface area (Å²) in [7, 11) is -5.20. The largest absolute Gasteiger partial charge is 0.499 e. The van der Waals surface area contributed by atoms with Gasteiger partial charge in [0.2, 0.25) is 0 Å². The van der Waals surface area contributed by atoms with Gasteiger partial charge < -0.3 is 0 Å². The Bertz CT molecular complexity index is 545. The fraction of sp³-hybridized carbons (Fsp3) is 0.364. The van der Waals surface area contributed by atoms with Gasteiger partial charge in [0.15, 0.2) is 0 Å². The summed E-state index contributed by atoms with van der Waals surface area (Å²) >= 11 is 0. The Labute approximate surface area is 103 Å². The molecule has 0 aliphatic heterocycles. The highest BCUT2D eigenvalue weighted by Crippen LogP contribution is 2.23. The lowest BCUT2D eigenvalue weighted by molar-refractivity contribution is -0.0434. The standard InChI is InChI=1S/C11H12F3NO2S/c1-8-3-5-10(6-4-8)9(2)15-7-18(16,17)11(12,13)14/h3-6H,7H2,1-2H3. The lowest BCUT2D eigenvalue weighted by Crippen LogP contribution is -2.25. The summed E-state index contributed by atoms with van der Waals surface area (Å²) in [4.78, 5) is 3.47. The first-order chi connectivity index (χ1) is 8.13. The molecule has 0 N–H and O–H groups in total. The molecule has 0 saturated carbocycles. The van der Waals surface area contributed by atoms with E-state index >= 15 is 0 Å². The second-order valence-electron chi connectivity index (χ2n) is 3.80. The van der Waals surface area contributed by atoms with Crippen LogP contribution in [-0.2, 0) is 9.84 Å². The second-order valence-corrected chi connectivity index (χ2v) is 5.75. The minimum atomic E-state index is -5.26. The van der Waals surface area contributed by atoms with Crippen LogP contribution in [0.4, 0.5) is 13.2 Å². The van der Waals surface area contributed by atoms with Crippen LogP contribution in [0, 0.1) is 6.92 Å². The van der Waals surface area contributed by atoms with Crippen LogP contribution in [0.3, 0.4) is 0 Å². The van der Waals surface area contributed by atoms with Crippen LogP contribution in [0.5, 0.6) is 0 Å². The third-order valence-electron chi connectivity index (χ3n) is 2.29.